The van der Waals surface area contributed by atoms with Crippen molar-refractivity contribution >= 4 is 28.4 Å². The van der Waals surface area contributed by atoms with E-state index in [4.69, 9.17) is 15.6 Å². The summed E-state index contributed by atoms with van der Waals surface area (Å²) < 4.78 is 7.16. The first-order valence-electron chi connectivity index (χ1n) is 5.13. The van der Waals surface area contributed by atoms with Crippen molar-refractivity contribution in [2.75, 3.05) is 12.3 Å². The fourth-order valence-corrected chi connectivity index (χ4v) is 2.15. The summed E-state index contributed by atoms with van der Waals surface area (Å²) in [5.41, 5.74) is 5.23. The summed E-state index contributed by atoms with van der Waals surface area (Å²) in [6, 6.07) is 0. The summed E-state index contributed by atoms with van der Waals surface area (Å²) in [7, 11) is 0. The molecule has 2 rings (SSSR count). The van der Waals surface area contributed by atoms with Gasteiger partial charge < -0.3 is 20.7 Å². The van der Waals surface area contributed by atoms with Gasteiger partial charge in [-0.05, 0) is 22.6 Å². The second-order valence-corrected chi connectivity index (χ2v) is 5.06. The van der Waals surface area contributed by atoms with Gasteiger partial charge in [0.2, 0.25) is 0 Å². The summed E-state index contributed by atoms with van der Waals surface area (Å²) in [6.07, 6.45) is -1.16. The van der Waals surface area contributed by atoms with E-state index in [9.17, 15) is 9.90 Å². The molecule has 1 fully saturated rings. The molecule has 1 saturated heterocycles. The molecule has 4 N–H and O–H groups in total. The molecule has 0 bridgehead atoms. The summed E-state index contributed by atoms with van der Waals surface area (Å²) in [4.78, 5) is 15.4. The lowest BCUT2D eigenvalue weighted by atomic mass is 10.1. The SMILES string of the molecule is C=C1C(O)[C@@H](CO)O[C@H]1n1cc(I)c(N)nc1=O. The van der Waals surface area contributed by atoms with Crippen LogP contribution in [-0.2, 0) is 4.74 Å². The zero-order valence-corrected chi connectivity index (χ0v) is 11.4. The first-order chi connectivity index (χ1) is 8.45. The molecule has 1 aromatic rings. The molecule has 98 valence electrons. The number of nitrogen functional groups attached to an aromatic ring is 1. The van der Waals surface area contributed by atoms with Crippen molar-refractivity contribution in [2.24, 2.45) is 0 Å². The fourth-order valence-electron chi connectivity index (χ4n) is 1.72. The molecule has 1 unspecified atom stereocenters. The Bertz CT molecular complexity index is 544. The maximum atomic E-state index is 11.7. The third-order valence-corrected chi connectivity index (χ3v) is 3.55. The third-order valence-electron chi connectivity index (χ3n) is 2.72. The number of aliphatic hydroxyl groups excluding tert-OH is 2. The Hall–Kier alpha value is -0.970. The number of nitrogens with two attached hydrogens (primary N) is 1. The number of hydrogen-bond acceptors (Lipinski definition) is 6. The molecule has 8 heteroatoms. The Kier molecular flexibility index (Phi) is 3.71. The van der Waals surface area contributed by atoms with Crippen molar-refractivity contribution < 1.29 is 14.9 Å². The van der Waals surface area contributed by atoms with Crippen LogP contribution in [0.25, 0.3) is 0 Å². The maximum absolute atomic E-state index is 11.7. The lowest BCUT2D eigenvalue weighted by molar-refractivity contribution is -0.0447. The predicted octanol–water partition coefficient (Wildman–Crippen LogP) is -0.763. The summed E-state index contributed by atoms with van der Waals surface area (Å²) in [5.74, 6) is 0.139. The van der Waals surface area contributed by atoms with Gasteiger partial charge >= 0.3 is 5.69 Å². The smallest absolute Gasteiger partial charge is 0.351 e. The van der Waals surface area contributed by atoms with E-state index in [2.05, 4.69) is 11.6 Å². The van der Waals surface area contributed by atoms with Gasteiger partial charge in [0.25, 0.3) is 0 Å². The normalized spacial score (nSPS) is 27.7. The number of aliphatic hydroxyl groups is 2. The van der Waals surface area contributed by atoms with Crippen molar-refractivity contribution in [3.8, 4) is 0 Å². The molecule has 1 aliphatic heterocycles. The van der Waals surface area contributed by atoms with Crippen LogP contribution in [0.3, 0.4) is 0 Å². The molecular formula is C10H12IN3O4. The lowest BCUT2D eigenvalue weighted by Gasteiger charge is -2.15. The number of halogens is 1. The van der Waals surface area contributed by atoms with Gasteiger partial charge in [-0.15, -0.1) is 0 Å². The average Bonchev–Trinajstić information content (AvgIpc) is 2.61. The Morgan fingerprint density at radius 3 is 2.89 bits per heavy atom. The van der Waals surface area contributed by atoms with Gasteiger partial charge in [-0.25, -0.2) is 4.79 Å². The molecule has 0 spiro atoms. The van der Waals surface area contributed by atoms with Crippen LogP contribution in [0.2, 0.25) is 0 Å². The largest absolute Gasteiger partial charge is 0.394 e. The number of rotatable bonds is 2. The van der Waals surface area contributed by atoms with Crippen molar-refractivity contribution in [1.82, 2.24) is 9.55 Å². The van der Waals surface area contributed by atoms with Crippen molar-refractivity contribution in [3.05, 3.63) is 32.4 Å². The van der Waals surface area contributed by atoms with Crippen LogP contribution < -0.4 is 11.4 Å². The molecule has 7 nitrogen and oxygen atoms in total. The van der Waals surface area contributed by atoms with Gasteiger partial charge in [0, 0.05) is 11.8 Å². The molecule has 0 aromatic carbocycles. The van der Waals surface area contributed by atoms with E-state index in [1.54, 1.807) is 0 Å². The topological polar surface area (TPSA) is 111 Å². The average molecular weight is 365 g/mol. The first-order valence-corrected chi connectivity index (χ1v) is 6.20. The highest BCUT2D eigenvalue weighted by Gasteiger charge is 2.38. The van der Waals surface area contributed by atoms with Crippen LogP contribution in [0.4, 0.5) is 5.82 Å². The van der Waals surface area contributed by atoms with E-state index in [0.29, 0.717) is 9.14 Å². The zero-order valence-electron chi connectivity index (χ0n) is 9.28. The van der Waals surface area contributed by atoms with E-state index < -0.39 is 24.1 Å². The van der Waals surface area contributed by atoms with Gasteiger partial charge in [0.05, 0.1) is 10.2 Å². The van der Waals surface area contributed by atoms with Gasteiger partial charge in [0.15, 0.2) is 6.23 Å². The minimum atomic E-state index is -1.01. The van der Waals surface area contributed by atoms with Crippen LogP contribution in [0.5, 0.6) is 0 Å². The highest BCUT2D eigenvalue weighted by molar-refractivity contribution is 14.1. The molecule has 1 aromatic heterocycles. The number of anilines is 1. The molecule has 0 amide bonds. The molecule has 2 heterocycles. The zero-order chi connectivity index (χ0) is 13.4. The maximum Gasteiger partial charge on any atom is 0.351 e. The second-order valence-electron chi connectivity index (χ2n) is 3.89. The van der Waals surface area contributed by atoms with E-state index in [1.807, 2.05) is 22.6 Å². The summed E-state index contributed by atoms with van der Waals surface area (Å²) in [6.45, 7) is 3.32. The molecule has 0 aliphatic carbocycles. The monoisotopic (exact) mass is 365 g/mol. The highest BCUT2D eigenvalue weighted by atomic mass is 127. The number of aromatic nitrogens is 2. The molecular weight excluding hydrogens is 353 g/mol. The number of hydrogen-bond donors (Lipinski definition) is 3. The Balaban J connectivity index is 2.42. The Labute approximate surface area is 116 Å². The number of ether oxygens (including phenoxy) is 1. The predicted molar refractivity (Wildman–Crippen MR) is 71.8 cm³/mol. The van der Waals surface area contributed by atoms with Gasteiger partial charge in [-0.2, -0.15) is 4.98 Å². The van der Waals surface area contributed by atoms with Crippen LogP contribution in [0.15, 0.2) is 23.1 Å². The van der Waals surface area contributed by atoms with Gasteiger partial charge in [0.1, 0.15) is 18.0 Å². The van der Waals surface area contributed by atoms with Crippen molar-refractivity contribution in [1.29, 1.82) is 0 Å². The molecule has 18 heavy (non-hydrogen) atoms. The summed E-state index contributed by atoms with van der Waals surface area (Å²) >= 11 is 1.94. The van der Waals surface area contributed by atoms with E-state index in [1.165, 1.54) is 10.8 Å². The van der Waals surface area contributed by atoms with Crippen LogP contribution in [0, 0.1) is 3.57 Å². The molecule has 0 saturated carbocycles. The minimum Gasteiger partial charge on any atom is -0.394 e. The molecule has 0 radical (unpaired) electrons. The molecule has 3 atom stereocenters. The van der Waals surface area contributed by atoms with Crippen LogP contribution in [0.1, 0.15) is 6.23 Å². The highest BCUT2D eigenvalue weighted by Crippen LogP contribution is 2.32. The second kappa shape index (κ2) is 4.96. The van der Waals surface area contributed by atoms with E-state index in [-0.39, 0.29) is 12.4 Å². The van der Waals surface area contributed by atoms with Crippen molar-refractivity contribution in [2.45, 2.75) is 18.4 Å². The van der Waals surface area contributed by atoms with Gasteiger partial charge in [-0.3, -0.25) is 4.57 Å². The fraction of sp³-hybridized carbons (Fsp3) is 0.400. The standard InChI is InChI=1S/C10H12IN3O4/c1-4-7(16)6(3-15)18-9(4)14-2-5(11)8(12)13-10(14)17/h2,6-7,9,15-16H,1,3H2,(H2,12,13,17)/t6-,7?,9-/m1/s1. The quantitative estimate of drug-likeness (QED) is 0.469. The van der Waals surface area contributed by atoms with Crippen LogP contribution >= 0.6 is 22.6 Å². The van der Waals surface area contributed by atoms with E-state index in [0.717, 1.165) is 0 Å². The molecule has 1 aliphatic rings. The Morgan fingerprint density at radius 2 is 2.33 bits per heavy atom. The van der Waals surface area contributed by atoms with Crippen molar-refractivity contribution in [3.63, 3.8) is 0 Å². The minimum absolute atomic E-state index is 0.139. The van der Waals surface area contributed by atoms with Gasteiger partial charge in [-0.1, -0.05) is 6.58 Å². The first kappa shape index (κ1) is 13.5. The number of nitrogens with zero attached hydrogens (tertiary/aromatic N) is 2. The summed E-state index contributed by atoms with van der Waals surface area (Å²) in [5, 5.41) is 18.8. The Morgan fingerprint density at radius 1 is 1.67 bits per heavy atom. The van der Waals surface area contributed by atoms with Crippen LogP contribution in [-0.4, -0.2) is 38.6 Å². The third kappa shape index (κ3) is 2.16. The van der Waals surface area contributed by atoms with E-state index >= 15 is 0 Å². The lowest BCUT2D eigenvalue weighted by Crippen LogP contribution is -2.29.